The Bertz CT molecular complexity index is 583. The Morgan fingerprint density at radius 2 is 2.00 bits per heavy atom. The van der Waals surface area contributed by atoms with E-state index in [9.17, 15) is 4.79 Å². The van der Waals surface area contributed by atoms with Crippen LogP contribution in [0.3, 0.4) is 0 Å². The van der Waals surface area contributed by atoms with Crippen molar-refractivity contribution in [3.63, 3.8) is 0 Å². The fraction of sp³-hybridized carbons (Fsp3) is 0.200. The van der Waals surface area contributed by atoms with Crippen LogP contribution in [-0.2, 0) is 4.79 Å². The minimum absolute atomic E-state index is 0.0718. The summed E-state index contributed by atoms with van der Waals surface area (Å²) in [5.41, 5.74) is 1.25. The Morgan fingerprint density at radius 3 is 2.68 bits per heavy atom. The molecule has 1 aliphatic carbocycles. The summed E-state index contributed by atoms with van der Waals surface area (Å²) in [6, 6.07) is 14.0. The first-order chi connectivity index (χ1) is 9.24. The van der Waals surface area contributed by atoms with Crippen molar-refractivity contribution in [1.29, 1.82) is 0 Å². The van der Waals surface area contributed by atoms with E-state index in [0.717, 1.165) is 9.99 Å². The molecule has 2 aromatic rings. The smallest absolute Gasteiger partial charge is 0.229 e. The monoisotopic (exact) mass is 364 g/mol. The van der Waals surface area contributed by atoms with E-state index in [1.54, 1.807) is 6.20 Å². The first-order valence-corrected chi connectivity index (χ1v) is 7.29. The summed E-state index contributed by atoms with van der Waals surface area (Å²) in [4.78, 5) is 16.3. The lowest BCUT2D eigenvalue weighted by atomic mass is 10.1. The summed E-state index contributed by atoms with van der Waals surface area (Å²) < 4.78 is 1.06. The number of amides is 1. The van der Waals surface area contributed by atoms with Gasteiger partial charge in [0.15, 0.2) is 0 Å². The van der Waals surface area contributed by atoms with Crippen molar-refractivity contribution >= 4 is 34.3 Å². The maximum atomic E-state index is 12.1. The molecule has 0 bridgehead atoms. The molecule has 1 aliphatic rings. The summed E-state index contributed by atoms with van der Waals surface area (Å²) in [6.07, 6.45) is 2.68. The number of rotatable bonds is 3. The molecule has 1 saturated carbocycles. The molecule has 1 N–H and O–H groups in total. The second-order valence-corrected chi connectivity index (χ2v) is 5.96. The van der Waals surface area contributed by atoms with E-state index in [1.807, 2.05) is 30.3 Å². The zero-order valence-corrected chi connectivity index (χ0v) is 12.4. The molecule has 0 saturated heterocycles. The summed E-state index contributed by atoms with van der Waals surface area (Å²) in [7, 11) is 0. The zero-order valence-electron chi connectivity index (χ0n) is 10.2. The van der Waals surface area contributed by atoms with Gasteiger partial charge in [0.2, 0.25) is 5.91 Å². The summed E-state index contributed by atoms with van der Waals surface area (Å²) in [6.45, 7) is 0. The first-order valence-electron chi connectivity index (χ1n) is 6.21. The van der Waals surface area contributed by atoms with Crippen LogP contribution in [-0.4, -0.2) is 10.9 Å². The van der Waals surface area contributed by atoms with E-state index in [-0.39, 0.29) is 11.8 Å². The van der Waals surface area contributed by atoms with Crippen LogP contribution in [0.15, 0.2) is 48.7 Å². The number of anilines is 1. The topological polar surface area (TPSA) is 42.0 Å². The van der Waals surface area contributed by atoms with Crippen molar-refractivity contribution in [1.82, 2.24) is 4.98 Å². The molecule has 3 nitrogen and oxygen atoms in total. The highest BCUT2D eigenvalue weighted by Crippen LogP contribution is 2.47. The van der Waals surface area contributed by atoms with Crippen LogP contribution < -0.4 is 5.32 Å². The van der Waals surface area contributed by atoms with Gasteiger partial charge in [0.1, 0.15) is 5.82 Å². The molecule has 1 fully saturated rings. The van der Waals surface area contributed by atoms with Crippen LogP contribution in [0.2, 0.25) is 0 Å². The maximum Gasteiger partial charge on any atom is 0.229 e. The number of aromatic nitrogens is 1. The lowest BCUT2D eigenvalue weighted by Gasteiger charge is -2.04. The summed E-state index contributed by atoms with van der Waals surface area (Å²) in [5.74, 6) is 1.15. The lowest BCUT2D eigenvalue weighted by molar-refractivity contribution is -0.117. The van der Waals surface area contributed by atoms with E-state index < -0.39 is 0 Å². The van der Waals surface area contributed by atoms with E-state index in [1.165, 1.54) is 5.56 Å². The van der Waals surface area contributed by atoms with E-state index >= 15 is 0 Å². The average Bonchev–Trinajstić information content (AvgIpc) is 3.23. The van der Waals surface area contributed by atoms with Crippen LogP contribution in [0.25, 0.3) is 0 Å². The van der Waals surface area contributed by atoms with Crippen LogP contribution in [0, 0.1) is 9.49 Å². The molecule has 96 valence electrons. The zero-order chi connectivity index (χ0) is 13.2. The van der Waals surface area contributed by atoms with Gasteiger partial charge in [-0.1, -0.05) is 30.3 Å². The summed E-state index contributed by atoms with van der Waals surface area (Å²) >= 11 is 2.19. The Kier molecular flexibility index (Phi) is 3.50. The highest BCUT2D eigenvalue weighted by Gasteiger charge is 2.43. The highest BCUT2D eigenvalue weighted by molar-refractivity contribution is 14.1. The molecular formula is C15H13IN2O. The maximum absolute atomic E-state index is 12.1. The van der Waals surface area contributed by atoms with E-state index in [2.05, 4.69) is 45.0 Å². The van der Waals surface area contributed by atoms with Gasteiger partial charge in [0.25, 0.3) is 0 Å². The molecule has 1 amide bonds. The molecule has 4 heteroatoms. The van der Waals surface area contributed by atoms with Gasteiger partial charge in [-0.15, -0.1) is 0 Å². The molecular weight excluding hydrogens is 351 g/mol. The molecule has 1 aromatic heterocycles. The third-order valence-electron chi connectivity index (χ3n) is 3.33. The van der Waals surface area contributed by atoms with E-state index in [0.29, 0.717) is 11.7 Å². The van der Waals surface area contributed by atoms with Crippen molar-refractivity contribution < 1.29 is 4.79 Å². The molecule has 0 radical (unpaired) electrons. The molecule has 2 unspecified atom stereocenters. The third-order valence-corrected chi connectivity index (χ3v) is 3.97. The van der Waals surface area contributed by atoms with Gasteiger partial charge in [-0.25, -0.2) is 4.98 Å². The van der Waals surface area contributed by atoms with Crippen molar-refractivity contribution in [2.45, 2.75) is 12.3 Å². The van der Waals surface area contributed by atoms with Crippen LogP contribution in [0.4, 0.5) is 5.82 Å². The summed E-state index contributed by atoms with van der Waals surface area (Å²) in [5, 5.41) is 2.88. The van der Waals surface area contributed by atoms with Crippen molar-refractivity contribution in [3.05, 3.63) is 57.8 Å². The van der Waals surface area contributed by atoms with Gasteiger partial charge >= 0.3 is 0 Å². The third kappa shape index (κ3) is 2.94. The number of nitrogens with one attached hydrogen (secondary N) is 1. The van der Waals surface area contributed by atoms with Gasteiger partial charge < -0.3 is 5.32 Å². The van der Waals surface area contributed by atoms with Gasteiger partial charge in [0.05, 0.1) is 0 Å². The number of carbonyl (C=O) groups is 1. The Morgan fingerprint density at radius 1 is 1.21 bits per heavy atom. The largest absolute Gasteiger partial charge is 0.310 e. The van der Waals surface area contributed by atoms with Crippen molar-refractivity contribution in [3.8, 4) is 0 Å². The first kappa shape index (κ1) is 12.6. The van der Waals surface area contributed by atoms with Crippen molar-refractivity contribution in [2.75, 3.05) is 5.32 Å². The van der Waals surface area contributed by atoms with Gasteiger partial charge in [-0.2, -0.15) is 0 Å². The number of hydrogen-bond donors (Lipinski definition) is 1. The van der Waals surface area contributed by atoms with E-state index in [4.69, 9.17) is 0 Å². The second kappa shape index (κ2) is 5.28. The molecule has 0 aliphatic heterocycles. The number of carbonyl (C=O) groups excluding carboxylic acids is 1. The predicted molar refractivity (Wildman–Crippen MR) is 82.9 cm³/mol. The standard InChI is InChI=1S/C15H13IN2O/c16-11-6-7-14(17-9-11)18-15(19)13-8-12(13)10-4-2-1-3-5-10/h1-7,9,12-13H,8H2,(H,17,18,19). The number of pyridine rings is 1. The van der Waals surface area contributed by atoms with Crippen molar-refractivity contribution in [2.24, 2.45) is 5.92 Å². The predicted octanol–water partition coefficient (Wildman–Crippen LogP) is 3.43. The van der Waals surface area contributed by atoms with Crippen LogP contribution in [0.1, 0.15) is 17.9 Å². The molecule has 0 spiro atoms. The quantitative estimate of drug-likeness (QED) is 0.848. The fourth-order valence-electron chi connectivity index (χ4n) is 2.22. The Labute approximate surface area is 125 Å². The fourth-order valence-corrected chi connectivity index (χ4v) is 2.54. The van der Waals surface area contributed by atoms with Gasteiger partial charge in [-0.3, -0.25) is 4.79 Å². The molecule has 3 rings (SSSR count). The molecule has 2 atom stereocenters. The van der Waals surface area contributed by atoms with Crippen LogP contribution in [0.5, 0.6) is 0 Å². The Balaban J connectivity index is 1.63. The number of halogens is 1. The minimum Gasteiger partial charge on any atom is -0.310 e. The minimum atomic E-state index is 0.0718. The SMILES string of the molecule is O=C(Nc1ccc(I)cn1)C1CC1c1ccccc1. The lowest BCUT2D eigenvalue weighted by Crippen LogP contribution is -2.15. The molecule has 19 heavy (non-hydrogen) atoms. The number of nitrogens with zero attached hydrogens (tertiary/aromatic N) is 1. The average molecular weight is 364 g/mol. The molecule has 1 heterocycles. The van der Waals surface area contributed by atoms with Crippen LogP contribution >= 0.6 is 22.6 Å². The Hall–Kier alpha value is -1.43. The second-order valence-electron chi connectivity index (χ2n) is 4.71. The number of benzene rings is 1. The van der Waals surface area contributed by atoms with Gasteiger partial charge in [-0.05, 0) is 52.6 Å². The highest BCUT2D eigenvalue weighted by atomic mass is 127. The number of hydrogen-bond acceptors (Lipinski definition) is 2. The van der Waals surface area contributed by atoms with Gasteiger partial charge in [0, 0.05) is 15.7 Å². The normalized spacial score (nSPS) is 20.9. The molecule has 1 aromatic carbocycles.